The van der Waals surface area contributed by atoms with E-state index in [0.717, 1.165) is 31.9 Å². The fourth-order valence-corrected chi connectivity index (χ4v) is 3.07. The lowest BCUT2D eigenvalue weighted by Crippen LogP contribution is -2.38. The van der Waals surface area contributed by atoms with Gasteiger partial charge < -0.3 is 10.6 Å². The van der Waals surface area contributed by atoms with Gasteiger partial charge in [-0.1, -0.05) is 6.92 Å². The normalized spacial score (nSPS) is 11.7. The lowest BCUT2D eigenvalue weighted by atomic mass is 10.3. The fraction of sp³-hybridized carbons (Fsp3) is 0.714. The van der Waals surface area contributed by atoms with Crippen LogP contribution in [-0.4, -0.2) is 43.1 Å². The Morgan fingerprint density at radius 3 is 2.80 bits per heavy atom. The SMILES string of the molecule is CCc1cnc(CCNC(=NC)NCCCCSC)s1. The molecule has 1 rings (SSSR count). The first-order valence-corrected chi connectivity index (χ1v) is 9.38. The summed E-state index contributed by atoms with van der Waals surface area (Å²) in [6.45, 7) is 4.02. The minimum atomic E-state index is 0.876. The zero-order valence-corrected chi connectivity index (χ0v) is 14.4. The first-order chi connectivity index (χ1) is 9.80. The molecule has 1 aromatic heterocycles. The van der Waals surface area contributed by atoms with Crippen molar-refractivity contribution < 1.29 is 0 Å². The van der Waals surface area contributed by atoms with Gasteiger partial charge in [-0.2, -0.15) is 11.8 Å². The molecular formula is C14H26N4S2. The molecule has 0 radical (unpaired) electrons. The van der Waals surface area contributed by atoms with E-state index in [9.17, 15) is 0 Å². The highest BCUT2D eigenvalue weighted by Crippen LogP contribution is 2.13. The molecule has 0 unspecified atom stereocenters. The number of hydrogen-bond donors (Lipinski definition) is 2. The quantitative estimate of drug-likeness (QED) is 0.418. The van der Waals surface area contributed by atoms with Crippen LogP contribution in [0.25, 0.3) is 0 Å². The molecule has 20 heavy (non-hydrogen) atoms. The lowest BCUT2D eigenvalue weighted by Gasteiger charge is -2.11. The number of hydrogen-bond acceptors (Lipinski definition) is 4. The molecule has 0 saturated heterocycles. The molecule has 0 spiro atoms. The number of thiazole rings is 1. The molecule has 0 amide bonds. The van der Waals surface area contributed by atoms with E-state index in [1.807, 2.05) is 25.0 Å². The van der Waals surface area contributed by atoms with Crippen molar-refractivity contribution in [2.24, 2.45) is 4.99 Å². The molecule has 114 valence electrons. The molecule has 0 atom stereocenters. The summed E-state index contributed by atoms with van der Waals surface area (Å²) in [5.74, 6) is 2.12. The third-order valence-corrected chi connectivity index (χ3v) is 4.77. The van der Waals surface area contributed by atoms with Gasteiger partial charge in [0.1, 0.15) is 0 Å². The van der Waals surface area contributed by atoms with Crippen molar-refractivity contribution >= 4 is 29.1 Å². The van der Waals surface area contributed by atoms with E-state index < -0.39 is 0 Å². The van der Waals surface area contributed by atoms with Gasteiger partial charge in [0.05, 0.1) is 5.01 Å². The summed E-state index contributed by atoms with van der Waals surface area (Å²) >= 11 is 3.71. The highest BCUT2D eigenvalue weighted by atomic mass is 32.2. The van der Waals surface area contributed by atoms with Crippen molar-refractivity contribution in [1.29, 1.82) is 0 Å². The van der Waals surface area contributed by atoms with Crippen LogP contribution < -0.4 is 10.6 Å². The lowest BCUT2D eigenvalue weighted by molar-refractivity contribution is 0.730. The minimum absolute atomic E-state index is 0.876. The Kier molecular flexibility index (Phi) is 9.49. The van der Waals surface area contributed by atoms with Crippen LogP contribution in [0.3, 0.4) is 0 Å². The van der Waals surface area contributed by atoms with Gasteiger partial charge >= 0.3 is 0 Å². The maximum absolute atomic E-state index is 4.42. The second-order valence-electron chi connectivity index (χ2n) is 4.45. The summed E-state index contributed by atoms with van der Waals surface area (Å²) in [7, 11) is 1.82. The Labute approximate surface area is 130 Å². The number of unbranched alkanes of at least 4 members (excludes halogenated alkanes) is 1. The van der Waals surface area contributed by atoms with E-state index in [2.05, 4.69) is 33.8 Å². The Morgan fingerprint density at radius 1 is 1.35 bits per heavy atom. The van der Waals surface area contributed by atoms with Crippen molar-refractivity contribution in [3.8, 4) is 0 Å². The molecule has 4 nitrogen and oxygen atoms in total. The van der Waals surface area contributed by atoms with Crippen LogP contribution in [0.2, 0.25) is 0 Å². The van der Waals surface area contributed by atoms with Gasteiger partial charge in [0.25, 0.3) is 0 Å². The fourth-order valence-electron chi connectivity index (χ4n) is 1.71. The zero-order valence-electron chi connectivity index (χ0n) is 12.7. The molecule has 0 aromatic carbocycles. The van der Waals surface area contributed by atoms with Crippen LogP contribution in [0.5, 0.6) is 0 Å². The highest BCUT2D eigenvalue weighted by molar-refractivity contribution is 7.98. The minimum Gasteiger partial charge on any atom is -0.356 e. The van der Waals surface area contributed by atoms with Crippen LogP contribution in [0.1, 0.15) is 29.7 Å². The number of nitrogens with one attached hydrogen (secondary N) is 2. The number of thioether (sulfide) groups is 1. The van der Waals surface area contributed by atoms with Crippen molar-refractivity contribution in [2.45, 2.75) is 32.6 Å². The molecule has 6 heteroatoms. The van der Waals surface area contributed by atoms with Crippen LogP contribution >= 0.6 is 23.1 Å². The van der Waals surface area contributed by atoms with Crippen molar-refractivity contribution in [3.05, 3.63) is 16.1 Å². The predicted octanol–water partition coefficient (Wildman–Crippen LogP) is 2.56. The molecule has 1 heterocycles. The third kappa shape index (κ3) is 7.14. The monoisotopic (exact) mass is 314 g/mol. The van der Waals surface area contributed by atoms with Gasteiger partial charge in [-0.15, -0.1) is 11.3 Å². The van der Waals surface area contributed by atoms with Gasteiger partial charge in [0.2, 0.25) is 0 Å². The van der Waals surface area contributed by atoms with Crippen molar-refractivity contribution in [3.63, 3.8) is 0 Å². The van der Waals surface area contributed by atoms with E-state index >= 15 is 0 Å². The largest absolute Gasteiger partial charge is 0.356 e. The molecular weight excluding hydrogens is 288 g/mol. The standard InChI is InChI=1S/C14H26N4S2/c1-4-12-11-18-13(20-12)7-9-17-14(15-2)16-8-5-6-10-19-3/h11H,4-10H2,1-3H3,(H2,15,16,17). The topological polar surface area (TPSA) is 49.3 Å². The van der Waals surface area contributed by atoms with Gasteiger partial charge in [-0.3, -0.25) is 4.99 Å². The summed E-state index contributed by atoms with van der Waals surface area (Å²) in [6.07, 6.45) is 8.61. The molecule has 1 aromatic rings. The summed E-state index contributed by atoms with van der Waals surface area (Å²) in [6, 6.07) is 0. The number of guanidine groups is 1. The van der Waals surface area contributed by atoms with Crippen LogP contribution in [0, 0.1) is 0 Å². The summed E-state index contributed by atoms with van der Waals surface area (Å²) in [5.41, 5.74) is 0. The summed E-state index contributed by atoms with van der Waals surface area (Å²) < 4.78 is 0. The first-order valence-electron chi connectivity index (χ1n) is 7.17. The van der Waals surface area contributed by atoms with Gasteiger partial charge in [0, 0.05) is 37.6 Å². The maximum Gasteiger partial charge on any atom is 0.190 e. The van der Waals surface area contributed by atoms with Gasteiger partial charge in [-0.05, 0) is 31.3 Å². The molecule has 0 saturated carbocycles. The third-order valence-electron chi connectivity index (χ3n) is 2.87. The number of aliphatic imine (C=N–C) groups is 1. The Morgan fingerprint density at radius 2 is 2.15 bits per heavy atom. The maximum atomic E-state index is 4.42. The van der Waals surface area contributed by atoms with Crippen LogP contribution in [0.15, 0.2) is 11.2 Å². The summed E-state index contributed by atoms with van der Waals surface area (Å²) in [4.78, 5) is 10.0. The second kappa shape index (κ2) is 11.0. The summed E-state index contributed by atoms with van der Waals surface area (Å²) in [5, 5.41) is 7.88. The predicted molar refractivity (Wildman–Crippen MR) is 92.2 cm³/mol. The Balaban J connectivity index is 2.14. The van der Waals surface area contributed by atoms with E-state index in [-0.39, 0.29) is 0 Å². The number of rotatable bonds is 9. The van der Waals surface area contributed by atoms with Crippen molar-refractivity contribution in [2.75, 3.05) is 32.1 Å². The Bertz CT molecular complexity index is 390. The smallest absolute Gasteiger partial charge is 0.190 e. The van der Waals surface area contributed by atoms with E-state index in [1.165, 1.54) is 28.5 Å². The number of nitrogens with zero attached hydrogens (tertiary/aromatic N) is 2. The molecule has 0 bridgehead atoms. The molecule has 0 aliphatic heterocycles. The number of aromatic nitrogens is 1. The highest BCUT2D eigenvalue weighted by Gasteiger charge is 2.01. The van der Waals surface area contributed by atoms with Gasteiger partial charge in [0.15, 0.2) is 5.96 Å². The van der Waals surface area contributed by atoms with Crippen molar-refractivity contribution in [1.82, 2.24) is 15.6 Å². The van der Waals surface area contributed by atoms with E-state index in [0.29, 0.717) is 0 Å². The molecule has 2 N–H and O–H groups in total. The molecule has 0 aliphatic carbocycles. The molecule has 0 fully saturated rings. The van der Waals surface area contributed by atoms with E-state index in [4.69, 9.17) is 0 Å². The first kappa shape index (κ1) is 17.3. The average Bonchev–Trinajstić information content (AvgIpc) is 2.93. The van der Waals surface area contributed by atoms with E-state index in [1.54, 1.807) is 11.3 Å². The average molecular weight is 315 g/mol. The van der Waals surface area contributed by atoms with Gasteiger partial charge in [-0.25, -0.2) is 4.98 Å². The number of aryl methyl sites for hydroxylation is 1. The zero-order chi connectivity index (χ0) is 14.6. The van der Waals surface area contributed by atoms with Crippen LogP contribution in [0.4, 0.5) is 0 Å². The second-order valence-corrected chi connectivity index (χ2v) is 6.63. The Hall–Kier alpha value is -0.750. The molecule has 0 aliphatic rings. The van der Waals surface area contributed by atoms with Crippen LogP contribution in [-0.2, 0) is 12.8 Å².